The topological polar surface area (TPSA) is 75.2 Å². The summed E-state index contributed by atoms with van der Waals surface area (Å²) in [5.74, 6) is 2.46. The fourth-order valence-corrected chi connectivity index (χ4v) is 8.03. The zero-order chi connectivity index (χ0) is 21.7. The molecule has 2 aromatic rings. The van der Waals surface area contributed by atoms with Crippen molar-refractivity contribution in [1.82, 2.24) is 20.2 Å². The summed E-state index contributed by atoms with van der Waals surface area (Å²) in [7, 11) is 0. The lowest BCUT2D eigenvalue weighted by Gasteiger charge is -2.56. The number of aromatic nitrogens is 2. The van der Waals surface area contributed by atoms with Crippen LogP contribution >= 0.6 is 11.3 Å². The molecule has 0 aromatic carbocycles. The average Bonchev–Trinajstić information content (AvgIpc) is 3.47. The van der Waals surface area contributed by atoms with E-state index in [1.165, 1.54) is 19.3 Å². The molecule has 1 unspecified atom stereocenters. The van der Waals surface area contributed by atoms with Crippen molar-refractivity contribution in [3.8, 4) is 11.3 Å². The molecule has 3 heterocycles. The smallest absolute Gasteiger partial charge is 0.243 e. The molecule has 1 saturated heterocycles. The zero-order valence-electron chi connectivity index (χ0n) is 18.3. The van der Waals surface area contributed by atoms with E-state index in [2.05, 4.69) is 15.3 Å². The van der Waals surface area contributed by atoms with E-state index < -0.39 is 0 Å². The first kappa shape index (κ1) is 20.3. The number of hydrogen-bond donors (Lipinski definition) is 1. The Morgan fingerprint density at radius 3 is 2.47 bits per heavy atom. The molecular formula is C25H30N4O2S. The lowest BCUT2D eigenvalue weighted by Crippen LogP contribution is -2.57. The van der Waals surface area contributed by atoms with Gasteiger partial charge in [-0.3, -0.25) is 14.6 Å². The van der Waals surface area contributed by atoms with E-state index in [1.54, 1.807) is 23.7 Å². The van der Waals surface area contributed by atoms with E-state index in [1.807, 2.05) is 22.4 Å². The highest BCUT2D eigenvalue weighted by molar-refractivity contribution is 7.09. The molecule has 7 heteroatoms. The first-order valence-corrected chi connectivity index (χ1v) is 12.9. The first-order chi connectivity index (χ1) is 15.6. The van der Waals surface area contributed by atoms with E-state index in [9.17, 15) is 9.59 Å². The third kappa shape index (κ3) is 3.54. The summed E-state index contributed by atoms with van der Waals surface area (Å²) in [5, 5.41) is 5.95. The summed E-state index contributed by atoms with van der Waals surface area (Å²) in [4.78, 5) is 37.5. The molecule has 2 aromatic heterocycles. The van der Waals surface area contributed by atoms with E-state index in [0.29, 0.717) is 6.54 Å². The summed E-state index contributed by atoms with van der Waals surface area (Å²) in [6.07, 6.45) is 12.3. The van der Waals surface area contributed by atoms with Crippen LogP contribution < -0.4 is 5.32 Å². The Morgan fingerprint density at radius 1 is 1.09 bits per heavy atom. The van der Waals surface area contributed by atoms with E-state index in [4.69, 9.17) is 0 Å². The minimum atomic E-state index is -0.324. The van der Waals surface area contributed by atoms with Crippen molar-refractivity contribution in [2.75, 3.05) is 6.54 Å². The quantitative estimate of drug-likeness (QED) is 0.746. The Balaban J connectivity index is 1.11. The number of carbonyl (C=O) groups excluding carboxylic acids is 2. The van der Waals surface area contributed by atoms with Gasteiger partial charge in [0.1, 0.15) is 11.0 Å². The monoisotopic (exact) mass is 450 g/mol. The number of thiazole rings is 1. The van der Waals surface area contributed by atoms with Crippen LogP contribution in [0, 0.1) is 23.2 Å². The maximum atomic E-state index is 13.8. The predicted octanol–water partition coefficient (Wildman–Crippen LogP) is 4.03. The van der Waals surface area contributed by atoms with Gasteiger partial charge in [0, 0.05) is 29.9 Å². The highest BCUT2D eigenvalue weighted by Gasteiger charge is 2.56. The average molecular weight is 451 g/mol. The van der Waals surface area contributed by atoms with Gasteiger partial charge in [-0.15, -0.1) is 11.3 Å². The fourth-order valence-electron chi connectivity index (χ4n) is 7.29. The normalized spacial score (nSPS) is 32.9. The zero-order valence-corrected chi connectivity index (χ0v) is 19.2. The van der Waals surface area contributed by atoms with Crippen LogP contribution in [0.3, 0.4) is 0 Å². The first-order valence-electron chi connectivity index (χ1n) is 12.0. The fraction of sp³-hybridized carbons (Fsp3) is 0.600. The van der Waals surface area contributed by atoms with Crippen molar-refractivity contribution in [3.63, 3.8) is 0 Å². The van der Waals surface area contributed by atoms with Crippen LogP contribution in [0.25, 0.3) is 11.3 Å². The van der Waals surface area contributed by atoms with Crippen LogP contribution in [-0.2, 0) is 16.1 Å². The summed E-state index contributed by atoms with van der Waals surface area (Å²) in [6, 6.07) is 3.54. The van der Waals surface area contributed by atoms with Gasteiger partial charge in [-0.2, -0.15) is 0 Å². The molecule has 4 saturated carbocycles. The molecule has 7 rings (SSSR count). The van der Waals surface area contributed by atoms with Crippen LogP contribution in [0.15, 0.2) is 29.9 Å². The number of nitrogens with zero attached hydrogens (tertiary/aromatic N) is 3. The van der Waals surface area contributed by atoms with Gasteiger partial charge in [-0.05, 0) is 81.3 Å². The predicted molar refractivity (Wildman–Crippen MR) is 123 cm³/mol. The number of likely N-dealkylation sites (tertiary alicyclic amines) is 1. The van der Waals surface area contributed by atoms with Gasteiger partial charge < -0.3 is 10.2 Å². The molecule has 5 fully saturated rings. The molecule has 32 heavy (non-hydrogen) atoms. The third-order valence-electron chi connectivity index (χ3n) is 8.25. The van der Waals surface area contributed by atoms with E-state index >= 15 is 0 Å². The number of amides is 2. The molecule has 1 aliphatic heterocycles. The SMILES string of the molecule is O=C(NCc1nc(-c2ccncc2)cs1)C1CCCN1C(=O)C12CC3CC(CC(C3)C1)C2. The van der Waals surface area contributed by atoms with Crippen molar-refractivity contribution < 1.29 is 9.59 Å². The Bertz CT molecular complexity index is 985. The van der Waals surface area contributed by atoms with E-state index in [-0.39, 0.29) is 23.3 Å². The molecule has 6 nitrogen and oxygen atoms in total. The van der Waals surface area contributed by atoms with Crippen molar-refractivity contribution >= 4 is 23.2 Å². The number of rotatable bonds is 5. The summed E-state index contributed by atoms with van der Waals surface area (Å²) in [5.41, 5.74) is 1.75. The van der Waals surface area contributed by atoms with Gasteiger partial charge in [0.2, 0.25) is 11.8 Å². The highest BCUT2D eigenvalue weighted by atomic mass is 32.1. The Labute approximate surface area is 192 Å². The molecule has 0 spiro atoms. The number of nitrogens with one attached hydrogen (secondary N) is 1. The molecular weight excluding hydrogens is 420 g/mol. The maximum absolute atomic E-state index is 13.8. The van der Waals surface area contributed by atoms with Crippen molar-refractivity contribution in [2.45, 2.75) is 64.0 Å². The van der Waals surface area contributed by atoms with Crippen LogP contribution in [0.5, 0.6) is 0 Å². The van der Waals surface area contributed by atoms with Crippen molar-refractivity contribution in [1.29, 1.82) is 0 Å². The summed E-state index contributed by atoms with van der Waals surface area (Å²) >= 11 is 1.55. The molecule has 0 radical (unpaired) electrons. The third-order valence-corrected chi connectivity index (χ3v) is 9.10. The van der Waals surface area contributed by atoms with Gasteiger partial charge in [0.15, 0.2) is 0 Å². The molecule has 4 aliphatic carbocycles. The van der Waals surface area contributed by atoms with E-state index in [0.717, 1.165) is 72.7 Å². The van der Waals surface area contributed by atoms with Gasteiger partial charge in [0.05, 0.1) is 17.7 Å². The minimum Gasteiger partial charge on any atom is -0.348 e. The molecule has 2 amide bonds. The van der Waals surface area contributed by atoms with Crippen molar-refractivity contribution in [2.24, 2.45) is 23.2 Å². The van der Waals surface area contributed by atoms with Gasteiger partial charge in [-0.25, -0.2) is 4.98 Å². The molecule has 5 aliphatic rings. The Hall–Kier alpha value is -2.28. The second-order valence-corrected chi connectivity index (χ2v) is 11.4. The van der Waals surface area contributed by atoms with Gasteiger partial charge in [0.25, 0.3) is 0 Å². The second-order valence-electron chi connectivity index (χ2n) is 10.4. The van der Waals surface area contributed by atoms with Crippen LogP contribution in [0.2, 0.25) is 0 Å². The number of hydrogen-bond acceptors (Lipinski definition) is 5. The van der Waals surface area contributed by atoms with Crippen LogP contribution in [0.1, 0.15) is 56.4 Å². The van der Waals surface area contributed by atoms with Crippen LogP contribution in [0.4, 0.5) is 0 Å². The van der Waals surface area contributed by atoms with Gasteiger partial charge in [-0.1, -0.05) is 0 Å². The van der Waals surface area contributed by atoms with Crippen LogP contribution in [-0.4, -0.2) is 39.3 Å². The standard InChI is InChI=1S/C25H30N4O2S/c30-23(27-14-22-28-20(15-32-22)19-3-5-26-6-4-19)21-2-1-7-29(21)24(31)25-11-16-8-17(12-25)10-18(9-16)13-25/h3-6,15-18,21H,1-2,7-14H2,(H,27,30). The molecule has 168 valence electrons. The van der Waals surface area contributed by atoms with Gasteiger partial charge >= 0.3 is 0 Å². The largest absolute Gasteiger partial charge is 0.348 e. The van der Waals surface area contributed by atoms with Crippen molar-refractivity contribution in [3.05, 3.63) is 34.9 Å². The molecule has 1 atom stereocenters. The summed E-state index contributed by atoms with van der Waals surface area (Å²) < 4.78 is 0. The highest BCUT2D eigenvalue weighted by Crippen LogP contribution is 2.60. The Kier molecular flexibility index (Phi) is 5.05. The lowest BCUT2D eigenvalue weighted by atomic mass is 9.49. The Morgan fingerprint density at radius 2 is 1.78 bits per heavy atom. The molecule has 4 bridgehead atoms. The number of pyridine rings is 1. The lowest BCUT2D eigenvalue weighted by molar-refractivity contribution is -0.160. The summed E-state index contributed by atoms with van der Waals surface area (Å²) in [6.45, 7) is 1.13. The number of carbonyl (C=O) groups is 2. The molecule has 1 N–H and O–H groups in total. The maximum Gasteiger partial charge on any atom is 0.243 e. The minimum absolute atomic E-state index is 0.0266. The second kappa shape index (κ2) is 7.94.